The molecule has 3 heterocycles. The second-order valence-electron chi connectivity index (χ2n) is 29.4. The molecule has 1 fully saturated rings. The van der Waals surface area contributed by atoms with Crippen LogP contribution in [0.1, 0.15) is 122 Å². The summed E-state index contributed by atoms with van der Waals surface area (Å²) in [6, 6.07) is 112. The third-order valence-electron chi connectivity index (χ3n) is 22.6. The summed E-state index contributed by atoms with van der Waals surface area (Å²) in [4.78, 5) is 19.1. The van der Waals surface area contributed by atoms with Gasteiger partial charge in [0.15, 0.2) is 5.82 Å². The summed E-state index contributed by atoms with van der Waals surface area (Å²) in [5.41, 5.74) is 29.2. The highest BCUT2D eigenvalue weighted by Gasteiger charge is 2.58. The smallest absolute Gasteiger partial charge is 0.399 e. The van der Waals surface area contributed by atoms with Gasteiger partial charge in [0.2, 0.25) is 5.28 Å². The molecule has 0 saturated carbocycles. The first-order chi connectivity index (χ1) is 49.5. The van der Waals surface area contributed by atoms with E-state index in [9.17, 15) is 0 Å². The number of hydrogen-bond acceptors (Lipinski definition) is 6. The van der Waals surface area contributed by atoms with Crippen molar-refractivity contribution in [3.8, 4) is 78.7 Å². The molecule has 19 rings (SSSR count). The van der Waals surface area contributed by atoms with Gasteiger partial charge in [-0.2, -0.15) is 0 Å². The topological polar surface area (TPSA) is 70.0 Å². The second kappa shape index (κ2) is 25.5. The van der Waals surface area contributed by atoms with Gasteiger partial charge in [0.1, 0.15) is 0 Å². The van der Waals surface area contributed by atoms with Gasteiger partial charge in [0.05, 0.1) is 44.8 Å². The van der Waals surface area contributed by atoms with Crippen molar-refractivity contribution in [3.05, 3.63) is 387 Å². The summed E-state index contributed by atoms with van der Waals surface area (Å²) in [6.45, 7) is 18.0. The highest BCUT2D eigenvalue weighted by molar-refractivity contribution is 6.64. The van der Waals surface area contributed by atoms with Crippen LogP contribution in [0.5, 0.6) is 0 Å². The summed E-state index contributed by atoms with van der Waals surface area (Å²) in [7, 11) is -0.423. The lowest BCUT2D eigenvalue weighted by Crippen LogP contribution is -2.41. The molecule has 103 heavy (non-hydrogen) atoms. The Morgan fingerprint density at radius 1 is 0.272 bits per heavy atom. The van der Waals surface area contributed by atoms with Gasteiger partial charge in [0.25, 0.3) is 0 Å². The number of rotatable bonds is 6. The minimum Gasteiger partial charge on any atom is -0.399 e. The van der Waals surface area contributed by atoms with Crippen molar-refractivity contribution in [2.75, 3.05) is 0 Å². The Bertz CT molecular complexity index is 5360. The second-order valence-corrected chi connectivity index (χ2v) is 29.8. The highest BCUT2D eigenvalue weighted by atomic mass is 35.5. The molecule has 6 nitrogen and oxygen atoms in total. The number of hydrogen-bond donors (Lipinski definition) is 0. The van der Waals surface area contributed by atoms with Crippen LogP contribution in [0, 0.1) is 0 Å². The van der Waals surface area contributed by atoms with Crippen LogP contribution in [0.2, 0.25) is 5.28 Å². The molecule has 502 valence electrons. The largest absolute Gasteiger partial charge is 0.495 e. The first-order valence-corrected chi connectivity index (χ1v) is 35.8. The zero-order chi connectivity index (χ0) is 69.8. The zero-order valence-electron chi connectivity index (χ0n) is 59.0. The fraction of sp³-hybridized carbons (Fsp3) is 0.149. The van der Waals surface area contributed by atoms with E-state index in [1.807, 2.05) is 78.9 Å². The number of fused-ring (bicyclic) bond motifs is 18. The van der Waals surface area contributed by atoms with Crippen LogP contribution in [0.3, 0.4) is 0 Å². The highest BCUT2D eigenvalue weighted by Crippen LogP contribution is 2.65. The van der Waals surface area contributed by atoms with Crippen molar-refractivity contribution in [1.82, 2.24) is 19.9 Å². The molecule has 0 N–H and O–H groups in total. The van der Waals surface area contributed by atoms with Crippen molar-refractivity contribution in [1.29, 1.82) is 0 Å². The van der Waals surface area contributed by atoms with Crippen molar-refractivity contribution in [2.45, 2.75) is 88.3 Å². The van der Waals surface area contributed by atoms with E-state index in [0.717, 1.165) is 61.9 Å². The molecular weight excluding hydrogens is 1280 g/mol. The van der Waals surface area contributed by atoms with Crippen LogP contribution in [0.25, 0.3) is 78.7 Å². The van der Waals surface area contributed by atoms with Crippen LogP contribution < -0.4 is 5.46 Å². The molecule has 9 heteroatoms. The minimum absolute atomic E-state index is 0. The summed E-state index contributed by atoms with van der Waals surface area (Å²) in [5, 5.41) is 0.264. The molecule has 12 aromatic carbocycles. The van der Waals surface area contributed by atoms with Crippen molar-refractivity contribution < 1.29 is 14.0 Å². The molecule has 1 aliphatic heterocycles. The van der Waals surface area contributed by atoms with Gasteiger partial charge in [0, 0.05) is 38.6 Å². The van der Waals surface area contributed by atoms with Crippen molar-refractivity contribution in [2.24, 2.45) is 0 Å². The summed E-state index contributed by atoms with van der Waals surface area (Å²) >= 11 is 6.03. The van der Waals surface area contributed by atoms with Gasteiger partial charge in [-0.3, -0.25) is 4.70 Å². The van der Waals surface area contributed by atoms with Gasteiger partial charge in [-0.25, -0.2) is 19.9 Å². The minimum atomic E-state index is -0.454. The molecule has 2 spiro atoms. The summed E-state index contributed by atoms with van der Waals surface area (Å²) in [6.07, 6.45) is 0. The predicted molar refractivity (Wildman–Crippen MR) is 420 cm³/mol. The fourth-order valence-electron chi connectivity index (χ4n) is 17.2. The van der Waals surface area contributed by atoms with Gasteiger partial charge in [-0.05, 0) is 146 Å². The molecule has 5 aliphatic rings. The van der Waals surface area contributed by atoms with Crippen molar-refractivity contribution in [3.63, 3.8) is 0 Å². The first-order valence-electron chi connectivity index (χ1n) is 35.4. The molecule has 0 atom stereocenters. The molecule has 2 aromatic heterocycles. The Morgan fingerprint density at radius 2 is 0.544 bits per heavy atom. The Kier molecular flexibility index (Phi) is 16.5. The van der Waals surface area contributed by atoms with Gasteiger partial charge >= 0.3 is 7.12 Å². The molecule has 14 aromatic rings. The van der Waals surface area contributed by atoms with E-state index in [0.29, 0.717) is 0 Å². The maximum Gasteiger partial charge on any atom is 0.495 e. The van der Waals surface area contributed by atoms with Gasteiger partial charge in [-0.1, -0.05) is 331 Å². The quantitative estimate of drug-likeness (QED) is 0.122. The molecule has 4 aliphatic carbocycles. The van der Waals surface area contributed by atoms with Crippen LogP contribution >= 0.6 is 11.6 Å². The monoisotopic (exact) mass is 1360 g/mol. The van der Waals surface area contributed by atoms with E-state index in [1.165, 1.54) is 89.0 Å². The Labute approximate surface area is 608 Å². The molecule has 0 radical (unpaired) electrons. The average Bonchev–Trinajstić information content (AvgIpc) is 1.38. The van der Waals surface area contributed by atoms with E-state index in [2.05, 4.69) is 302 Å². The molecule has 1 saturated heterocycles. The van der Waals surface area contributed by atoms with E-state index in [-0.39, 0.29) is 20.8 Å². The fourth-order valence-corrected chi connectivity index (χ4v) is 17.4. The normalized spacial score (nSPS) is 15.9. The molecule has 0 amide bonds. The molecular formula is C94H77BClFN4O2. The predicted octanol–water partition coefficient (Wildman–Crippen LogP) is 22.1. The lowest BCUT2D eigenvalue weighted by Gasteiger charge is -2.46. The third kappa shape index (κ3) is 10.5. The number of aromatic nitrogens is 4. The lowest BCUT2D eigenvalue weighted by atomic mass is 9.55. The standard InChI is InChI=1S/C44H32N2.C34H33BO2.C16H11ClN2.FH/c1-43(2)34-23-11-13-25-36(34)44(37-26-14-12-24-35(37)43)33-22-10-9-20-31(33)41-32(21-15-27-38(41)44)42-45-39(29-16-5-3-6-17-29)28-40(46-42)30-18-7-4-8-19-30;1-31(2)24-16-9-11-18-26(24)34(27-19-12-10-17-25(27)31)23-15-8-7-14-22(23)30-28(34)20-13-21-29(30)35-36-32(3,4)33(5,6)37-35;17-16-18-14(12-7-3-1-4-8-12)11-15(19-16)13-9-5-2-6-10-13;/h3-28H,1-2H3;7-21H,1-6H3;1-11H;1H. The van der Waals surface area contributed by atoms with Crippen molar-refractivity contribution >= 4 is 24.2 Å². The summed E-state index contributed by atoms with van der Waals surface area (Å²) < 4.78 is 13.2. The third-order valence-corrected chi connectivity index (χ3v) is 22.8. The molecule has 0 unspecified atom stereocenters. The zero-order valence-corrected chi connectivity index (χ0v) is 59.7. The maximum absolute atomic E-state index is 6.62. The average molecular weight is 1360 g/mol. The van der Waals surface area contributed by atoms with Crippen LogP contribution in [0.4, 0.5) is 4.70 Å². The number of nitrogens with zero attached hydrogens (tertiary/aromatic N) is 4. The lowest BCUT2D eigenvalue weighted by molar-refractivity contribution is 0.00578. The van der Waals surface area contributed by atoms with E-state index in [1.54, 1.807) is 0 Å². The van der Waals surface area contributed by atoms with Gasteiger partial charge in [-0.15, -0.1) is 0 Å². The van der Waals surface area contributed by atoms with E-state index in [4.69, 9.17) is 30.9 Å². The van der Waals surface area contributed by atoms with Gasteiger partial charge < -0.3 is 9.31 Å². The Morgan fingerprint density at radius 3 is 0.913 bits per heavy atom. The molecule has 0 bridgehead atoms. The van der Waals surface area contributed by atoms with Crippen LogP contribution in [-0.2, 0) is 31.0 Å². The maximum atomic E-state index is 6.62. The Hall–Kier alpha value is -11.0. The van der Waals surface area contributed by atoms with Crippen LogP contribution in [0.15, 0.2) is 315 Å². The van der Waals surface area contributed by atoms with E-state index >= 15 is 0 Å². The number of halogens is 2. The number of benzene rings is 12. The SMILES string of the molecule is CC1(C)c2ccccc2C2(c3ccccc3-c3c(-c4nc(-c5ccccc5)cc(-c5ccccc5)n4)cccc32)c2ccccc21.CC1(C)c2ccccc2C2(c3ccccc3-c3c(B4OC(C)(C)C(C)(C)O4)cccc32)c2ccccc21.Clc1nc(-c2ccccc2)cc(-c2ccccc2)n1.F. The first kappa shape index (κ1) is 66.5. The van der Waals surface area contributed by atoms with Crippen LogP contribution in [-0.4, -0.2) is 38.3 Å². The summed E-state index contributed by atoms with van der Waals surface area (Å²) in [5.74, 6) is 0.738. The van der Waals surface area contributed by atoms with E-state index < -0.39 is 29.2 Å². The Balaban J connectivity index is 0.000000128.